The molecule has 0 spiro atoms. The highest BCUT2D eigenvalue weighted by Gasteiger charge is 2.16. The molecular formula is C31H33ClN2O3. The summed E-state index contributed by atoms with van der Waals surface area (Å²) in [6.45, 7) is 4.27. The number of nitrogens with zero attached hydrogens (tertiary/aromatic N) is 1. The molecule has 192 valence electrons. The maximum atomic E-state index is 12.6. The molecule has 1 aliphatic carbocycles. The van der Waals surface area contributed by atoms with Crippen molar-refractivity contribution < 1.29 is 13.9 Å². The molecule has 1 aromatic heterocycles. The van der Waals surface area contributed by atoms with E-state index < -0.39 is 0 Å². The first-order chi connectivity index (χ1) is 18.0. The van der Waals surface area contributed by atoms with Crippen LogP contribution in [0.2, 0.25) is 5.02 Å². The van der Waals surface area contributed by atoms with Gasteiger partial charge in [0.15, 0.2) is 12.2 Å². The predicted octanol–water partition coefficient (Wildman–Crippen LogP) is 8.73. The summed E-state index contributed by atoms with van der Waals surface area (Å²) in [7, 11) is 0. The fourth-order valence-corrected chi connectivity index (χ4v) is 5.14. The normalized spacial score (nSPS) is 15.0. The Balaban J connectivity index is 1.23. The van der Waals surface area contributed by atoms with E-state index in [1.165, 1.54) is 43.2 Å². The van der Waals surface area contributed by atoms with Gasteiger partial charge in [0.2, 0.25) is 5.89 Å². The van der Waals surface area contributed by atoms with E-state index in [1.807, 2.05) is 24.3 Å². The molecule has 1 amide bonds. The van der Waals surface area contributed by atoms with Gasteiger partial charge in [0.05, 0.1) is 10.7 Å². The second-order valence-electron chi connectivity index (χ2n) is 9.99. The van der Waals surface area contributed by atoms with Crippen molar-refractivity contribution in [3.05, 3.63) is 76.8 Å². The van der Waals surface area contributed by atoms with Gasteiger partial charge in [-0.05, 0) is 84.7 Å². The summed E-state index contributed by atoms with van der Waals surface area (Å²) in [5, 5.41) is 3.29. The first-order valence-corrected chi connectivity index (χ1v) is 13.6. The zero-order valence-electron chi connectivity index (χ0n) is 21.4. The molecule has 0 aliphatic heterocycles. The number of oxazole rings is 1. The summed E-state index contributed by atoms with van der Waals surface area (Å²) >= 11 is 6.38. The van der Waals surface area contributed by atoms with Crippen molar-refractivity contribution in [3.8, 4) is 17.2 Å². The summed E-state index contributed by atoms with van der Waals surface area (Å²) in [4.78, 5) is 17.3. The van der Waals surface area contributed by atoms with Crippen LogP contribution in [0, 0.1) is 0 Å². The minimum atomic E-state index is -0.286. The fraction of sp³-hybridized carbons (Fsp3) is 0.355. The molecule has 0 unspecified atom stereocenters. The largest absolute Gasteiger partial charge is 0.484 e. The van der Waals surface area contributed by atoms with E-state index >= 15 is 0 Å². The molecular weight excluding hydrogens is 484 g/mol. The molecule has 1 atom stereocenters. The van der Waals surface area contributed by atoms with Crippen molar-refractivity contribution in [1.82, 2.24) is 4.98 Å². The van der Waals surface area contributed by atoms with Crippen LogP contribution < -0.4 is 10.1 Å². The molecule has 5 nitrogen and oxygen atoms in total. The van der Waals surface area contributed by atoms with Gasteiger partial charge in [-0.3, -0.25) is 4.79 Å². The zero-order valence-corrected chi connectivity index (χ0v) is 22.2. The lowest BCUT2D eigenvalue weighted by Gasteiger charge is -2.22. The number of fused-ring (bicyclic) bond motifs is 1. The molecule has 37 heavy (non-hydrogen) atoms. The van der Waals surface area contributed by atoms with Crippen LogP contribution in [0.15, 0.2) is 65.1 Å². The molecule has 4 aromatic rings. The van der Waals surface area contributed by atoms with E-state index in [0.717, 1.165) is 23.1 Å². The maximum Gasteiger partial charge on any atom is 0.262 e. The summed E-state index contributed by atoms with van der Waals surface area (Å²) < 4.78 is 11.7. The van der Waals surface area contributed by atoms with Crippen LogP contribution in [0.25, 0.3) is 22.6 Å². The molecule has 0 bridgehead atoms. The number of anilines is 1. The van der Waals surface area contributed by atoms with Crippen LogP contribution in [0.5, 0.6) is 5.75 Å². The van der Waals surface area contributed by atoms with Crippen molar-refractivity contribution in [2.45, 2.75) is 64.2 Å². The highest BCUT2D eigenvalue weighted by Crippen LogP contribution is 2.34. The molecule has 1 N–H and O–H groups in total. The van der Waals surface area contributed by atoms with Gasteiger partial charge in [-0.2, -0.15) is 0 Å². The predicted molar refractivity (Wildman–Crippen MR) is 150 cm³/mol. The molecule has 0 saturated heterocycles. The summed E-state index contributed by atoms with van der Waals surface area (Å²) in [6, 6.07) is 19.6. The van der Waals surface area contributed by atoms with Crippen molar-refractivity contribution >= 4 is 34.3 Å². The number of halogens is 1. The van der Waals surface area contributed by atoms with Crippen molar-refractivity contribution in [3.63, 3.8) is 0 Å². The van der Waals surface area contributed by atoms with Crippen LogP contribution in [0.4, 0.5) is 5.69 Å². The molecule has 1 heterocycles. The number of nitrogens with one attached hydrogen (secondary N) is 1. The second kappa shape index (κ2) is 11.4. The van der Waals surface area contributed by atoms with Gasteiger partial charge in [-0.1, -0.05) is 62.9 Å². The van der Waals surface area contributed by atoms with Crippen LogP contribution in [0.1, 0.15) is 75.3 Å². The van der Waals surface area contributed by atoms with Gasteiger partial charge in [-0.15, -0.1) is 0 Å². The van der Waals surface area contributed by atoms with E-state index in [1.54, 1.807) is 12.1 Å². The molecule has 1 saturated carbocycles. The first kappa shape index (κ1) is 25.3. The Morgan fingerprint density at radius 3 is 2.62 bits per heavy atom. The Hall–Kier alpha value is -3.31. The third-order valence-electron chi connectivity index (χ3n) is 7.41. The lowest BCUT2D eigenvalue weighted by Crippen LogP contribution is -2.20. The van der Waals surface area contributed by atoms with E-state index in [9.17, 15) is 4.79 Å². The molecule has 6 heteroatoms. The average Bonchev–Trinajstić information content (AvgIpc) is 3.37. The van der Waals surface area contributed by atoms with E-state index in [0.29, 0.717) is 34.2 Å². The van der Waals surface area contributed by atoms with Crippen LogP contribution in [-0.4, -0.2) is 17.5 Å². The van der Waals surface area contributed by atoms with Crippen LogP contribution in [-0.2, 0) is 4.79 Å². The van der Waals surface area contributed by atoms with Gasteiger partial charge in [0, 0.05) is 5.56 Å². The number of aromatic nitrogens is 1. The van der Waals surface area contributed by atoms with Crippen molar-refractivity contribution in [1.29, 1.82) is 0 Å². The van der Waals surface area contributed by atoms with Crippen molar-refractivity contribution in [2.24, 2.45) is 0 Å². The number of amides is 1. The maximum absolute atomic E-state index is 12.6. The third-order valence-corrected chi connectivity index (χ3v) is 7.74. The topological polar surface area (TPSA) is 64.4 Å². The second-order valence-corrected chi connectivity index (χ2v) is 10.4. The number of hydrogen-bond donors (Lipinski definition) is 1. The minimum Gasteiger partial charge on any atom is -0.484 e. The molecule has 1 fully saturated rings. The number of hydrogen-bond acceptors (Lipinski definition) is 4. The minimum absolute atomic E-state index is 0.107. The smallest absolute Gasteiger partial charge is 0.262 e. The standard InChI is InChI=1S/C31H33ClN2O3/c1-3-20(2)23-12-16-29-28(17-23)34-31(37-29)24-11-15-26(32)27(18-24)33-30(35)19-36-25-13-9-22(10-14-25)21-7-5-4-6-8-21/h9-18,20-21H,3-8,19H2,1-2H3,(H,33,35)/t20-/m0/s1. The molecule has 1 aliphatic rings. The van der Waals surface area contributed by atoms with E-state index in [2.05, 4.69) is 48.4 Å². The summed E-state index contributed by atoms with van der Waals surface area (Å²) in [6.07, 6.45) is 7.52. The number of carbonyl (C=O) groups excluding carboxylic acids is 1. The Morgan fingerprint density at radius 1 is 1.08 bits per heavy atom. The highest BCUT2D eigenvalue weighted by atomic mass is 35.5. The molecule has 5 rings (SSSR count). The third kappa shape index (κ3) is 5.99. The Kier molecular flexibility index (Phi) is 7.80. The monoisotopic (exact) mass is 516 g/mol. The summed E-state index contributed by atoms with van der Waals surface area (Å²) in [5.41, 5.74) is 5.36. The van der Waals surface area contributed by atoms with Gasteiger partial charge in [-0.25, -0.2) is 4.98 Å². The molecule has 3 aromatic carbocycles. The van der Waals surface area contributed by atoms with Crippen molar-refractivity contribution in [2.75, 3.05) is 11.9 Å². The number of carbonyl (C=O) groups is 1. The number of rotatable bonds is 8. The lowest BCUT2D eigenvalue weighted by atomic mass is 9.84. The van der Waals surface area contributed by atoms with E-state index in [4.69, 9.17) is 20.8 Å². The van der Waals surface area contributed by atoms with Crippen LogP contribution >= 0.6 is 11.6 Å². The fourth-order valence-electron chi connectivity index (χ4n) is 4.97. The number of ether oxygens (including phenoxy) is 1. The SMILES string of the molecule is CC[C@H](C)c1ccc2oc(-c3ccc(Cl)c(NC(=O)COc4ccc(C5CCCCC5)cc4)c3)nc2c1. The quantitative estimate of drug-likeness (QED) is 0.254. The Bertz CT molecular complexity index is 1370. The molecule has 0 radical (unpaired) electrons. The van der Waals surface area contributed by atoms with Gasteiger partial charge in [0.25, 0.3) is 5.91 Å². The number of benzene rings is 3. The van der Waals surface area contributed by atoms with Gasteiger partial charge < -0.3 is 14.5 Å². The zero-order chi connectivity index (χ0) is 25.8. The Labute approximate surface area is 223 Å². The first-order valence-electron chi connectivity index (χ1n) is 13.2. The van der Waals surface area contributed by atoms with Gasteiger partial charge in [0.1, 0.15) is 11.3 Å². The van der Waals surface area contributed by atoms with Gasteiger partial charge >= 0.3 is 0 Å². The summed E-state index contributed by atoms with van der Waals surface area (Å²) in [5.74, 6) is 1.98. The van der Waals surface area contributed by atoms with Crippen LogP contribution in [0.3, 0.4) is 0 Å². The lowest BCUT2D eigenvalue weighted by molar-refractivity contribution is -0.118. The Morgan fingerprint density at radius 2 is 1.86 bits per heavy atom. The average molecular weight is 517 g/mol. The highest BCUT2D eigenvalue weighted by molar-refractivity contribution is 6.33. The van der Waals surface area contributed by atoms with E-state index in [-0.39, 0.29) is 12.5 Å².